The van der Waals surface area contributed by atoms with Crippen molar-refractivity contribution in [2.24, 2.45) is 0 Å². The average molecular weight is 297 g/mol. The Morgan fingerprint density at radius 3 is 2.71 bits per heavy atom. The van der Waals surface area contributed by atoms with E-state index >= 15 is 0 Å². The van der Waals surface area contributed by atoms with Gasteiger partial charge in [0.1, 0.15) is 0 Å². The van der Waals surface area contributed by atoms with Crippen molar-refractivity contribution < 1.29 is 9.47 Å². The largest absolute Gasteiger partial charge is 0.374 e. The molecule has 0 aromatic heterocycles. The molecule has 3 heterocycles. The molecule has 3 fully saturated rings. The van der Waals surface area contributed by atoms with E-state index in [-0.39, 0.29) is 0 Å². The molecular weight excluding hydrogens is 266 g/mol. The van der Waals surface area contributed by atoms with E-state index in [0.717, 1.165) is 45.9 Å². The average Bonchev–Trinajstić information content (AvgIpc) is 2.95. The molecule has 0 amide bonds. The first kappa shape index (κ1) is 15.7. The second-order valence-electron chi connectivity index (χ2n) is 6.99. The highest BCUT2D eigenvalue weighted by Gasteiger charge is 2.32. The normalized spacial score (nSPS) is 35.3. The van der Waals surface area contributed by atoms with Crippen molar-refractivity contribution in [3.8, 4) is 0 Å². The molecule has 21 heavy (non-hydrogen) atoms. The third-order valence-electron chi connectivity index (χ3n) is 5.11. The van der Waals surface area contributed by atoms with Crippen molar-refractivity contribution in [3.63, 3.8) is 0 Å². The molecule has 3 rings (SSSR count). The van der Waals surface area contributed by atoms with Crippen molar-refractivity contribution in [2.75, 3.05) is 52.5 Å². The van der Waals surface area contributed by atoms with E-state index in [0.29, 0.717) is 24.3 Å². The quantitative estimate of drug-likeness (QED) is 0.802. The molecule has 0 radical (unpaired) electrons. The van der Waals surface area contributed by atoms with Gasteiger partial charge in [-0.05, 0) is 33.2 Å². The smallest absolute Gasteiger partial charge is 0.0827 e. The van der Waals surface area contributed by atoms with Crippen LogP contribution < -0.4 is 5.32 Å². The Balaban J connectivity index is 1.34. The number of nitrogens with one attached hydrogen (secondary N) is 1. The van der Waals surface area contributed by atoms with Gasteiger partial charge in [-0.3, -0.25) is 9.80 Å². The maximum atomic E-state index is 5.99. The van der Waals surface area contributed by atoms with Crippen molar-refractivity contribution in [1.29, 1.82) is 0 Å². The predicted molar refractivity (Wildman–Crippen MR) is 83.7 cm³/mol. The van der Waals surface area contributed by atoms with Gasteiger partial charge in [-0.1, -0.05) is 0 Å². The molecule has 0 aromatic rings. The Morgan fingerprint density at radius 1 is 1.10 bits per heavy atom. The predicted octanol–water partition coefficient (Wildman–Crippen LogP) is 0.548. The molecule has 0 spiro atoms. The van der Waals surface area contributed by atoms with Gasteiger partial charge in [0.15, 0.2) is 0 Å². The molecule has 0 bridgehead atoms. The minimum atomic E-state index is 0.323. The van der Waals surface area contributed by atoms with Crippen molar-refractivity contribution in [1.82, 2.24) is 15.1 Å². The number of nitrogens with zero attached hydrogens (tertiary/aromatic N) is 2. The third kappa shape index (κ3) is 4.17. The molecule has 1 N–H and O–H groups in total. The summed E-state index contributed by atoms with van der Waals surface area (Å²) in [5.74, 6) is 0. The lowest BCUT2D eigenvalue weighted by Crippen LogP contribution is -2.52. The molecular formula is C16H31N3O2. The van der Waals surface area contributed by atoms with Gasteiger partial charge in [0.25, 0.3) is 0 Å². The minimum absolute atomic E-state index is 0.323. The fourth-order valence-electron chi connectivity index (χ4n) is 3.75. The highest BCUT2D eigenvalue weighted by molar-refractivity contribution is 4.86. The molecule has 3 unspecified atom stereocenters. The fourth-order valence-corrected chi connectivity index (χ4v) is 3.75. The summed E-state index contributed by atoms with van der Waals surface area (Å²) in [6.45, 7) is 12.7. The Labute approximate surface area is 128 Å². The van der Waals surface area contributed by atoms with E-state index in [1.165, 1.54) is 19.4 Å². The Hall–Kier alpha value is -0.200. The van der Waals surface area contributed by atoms with Gasteiger partial charge in [-0.15, -0.1) is 0 Å². The minimum Gasteiger partial charge on any atom is -0.374 e. The van der Waals surface area contributed by atoms with E-state index in [9.17, 15) is 0 Å². The highest BCUT2D eigenvalue weighted by atomic mass is 16.5. The van der Waals surface area contributed by atoms with Gasteiger partial charge in [0.2, 0.25) is 0 Å². The van der Waals surface area contributed by atoms with E-state index in [1.54, 1.807) is 0 Å². The van der Waals surface area contributed by atoms with Crippen LogP contribution in [0.1, 0.15) is 26.7 Å². The van der Waals surface area contributed by atoms with Gasteiger partial charge in [0, 0.05) is 44.8 Å². The summed E-state index contributed by atoms with van der Waals surface area (Å²) in [5.41, 5.74) is 0. The Kier molecular flexibility index (Phi) is 5.51. The van der Waals surface area contributed by atoms with Crippen LogP contribution >= 0.6 is 0 Å². The highest BCUT2D eigenvalue weighted by Crippen LogP contribution is 2.22. The summed E-state index contributed by atoms with van der Waals surface area (Å²) in [6, 6.07) is 1.31. The first-order valence-corrected chi connectivity index (χ1v) is 8.64. The van der Waals surface area contributed by atoms with Crippen LogP contribution in [0.2, 0.25) is 0 Å². The molecule has 3 aliphatic rings. The molecule has 5 nitrogen and oxygen atoms in total. The standard InChI is InChI=1S/C16H31N3O2/c1-13(2)18-6-7-20-15(10-18)8-17-9-16-11-19-5-3-4-14(19)12-21-16/h13-17H,3-12H2,1-2H3. The zero-order chi connectivity index (χ0) is 14.7. The SMILES string of the molecule is CC(C)N1CCOC(CNCC2CN3CCCC3CO2)C1. The second-order valence-corrected chi connectivity index (χ2v) is 6.99. The van der Waals surface area contributed by atoms with E-state index in [4.69, 9.17) is 9.47 Å². The zero-order valence-electron chi connectivity index (χ0n) is 13.6. The molecule has 0 aliphatic carbocycles. The molecule has 3 atom stereocenters. The van der Waals surface area contributed by atoms with Crippen molar-refractivity contribution >= 4 is 0 Å². The van der Waals surface area contributed by atoms with Crippen molar-refractivity contribution in [3.05, 3.63) is 0 Å². The van der Waals surface area contributed by atoms with E-state index in [2.05, 4.69) is 29.0 Å². The lowest BCUT2D eigenvalue weighted by atomic mass is 10.2. The number of ether oxygens (including phenoxy) is 2. The van der Waals surface area contributed by atoms with Crippen LogP contribution in [0, 0.1) is 0 Å². The van der Waals surface area contributed by atoms with Gasteiger partial charge >= 0.3 is 0 Å². The summed E-state index contributed by atoms with van der Waals surface area (Å²) in [5, 5.41) is 3.56. The van der Waals surface area contributed by atoms with Crippen LogP contribution in [-0.2, 0) is 9.47 Å². The Bertz CT molecular complexity index is 321. The first-order chi connectivity index (χ1) is 10.2. The monoisotopic (exact) mass is 297 g/mol. The summed E-state index contributed by atoms with van der Waals surface area (Å²) in [6.07, 6.45) is 3.34. The van der Waals surface area contributed by atoms with Crippen LogP contribution in [0.4, 0.5) is 0 Å². The summed E-state index contributed by atoms with van der Waals surface area (Å²) in [4.78, 5) is 5.11. The lowest BCUT2D eigenvalue weighted by Gasteiger charge is -2.37. The van der Waals surface area contributed by atoms with Crippen LogP contribution in [0.25, 0.3) is 0 Å². The summed E-state index contributed by atoms with van der Waals surface area (Å²) < 4.78 is 11.8. The second kappa shape index (κ2) is 7.38. The van der Waals surface area contributed by atoms with Crippen LogP contribution in [-0.4, -0.2) is 86.6 Å². The molecule has 0 aromatic carbocycles. The van der Waals surface area contributed by atoms with Gasteiger partial charge in [0.05, 0.1) is 25.4 Å². The number of fused-ring (bicyclic) bond motifs is 1. The molecule has 5 heteroatoms. The van der Waals surface area contributed by atoms with Gasteiger partial charge in [-0.25, -0.2) is 0 Å². The van der Waals surface area contributed by atoms with Crippen LogP contribution in [0.3, 0.4) is 0 Å². The number of hydrogen-bond acceptors (Lipinski definition) is 5. The van der Waals surface area contributed by atoms with E-state index < -0.39 is 0 Å². The van der Waals surface area contributed by atoms with Crippen LogP contribution in [0.5, 0.6) is 0 Å². The van der Waals surface area contributed by atoms with Crippen molar-refractivity contribution in [2.45, 2.75) is 51.0 Å². The number of rotatable bonds is 5. The molecule has 0 saturated carbocycles. The third-order valence-corrected chi connectivity index (χ3v) is 5.11. The maximum absolute atomic E-state index is 5.99. The van der Waals surface area contributed by atoms with Crippen LogP contribution in [0.15, 0.2) is 0 Å². The van der Waals surface area contributed by atoms with E-state index in [1.807, 2.05) is 0 Å². The summed E-state index contributed by atoms with van der Waals surface area (Å²) in [7, 11) is 0. The number of hydrogen-bond donors (Lipinski definition) is 1. The van der Waals surface area contributed by atoms with Gasteiger partial charge in [-0.2, -0.15) is 0 Å². The zero-order valence-corrected chi connectivity index (χ0v) is 13.6. The number of morpholine rings is 2. The van der Waals surface area contributed by atoms with Gasteiger partial charge < -0.3 is 14.8 Å². The summed E-state index contributed by atoms with van der Waals surface area (Å²) >= 11 is 0. The first-order valence-electron chi connectivity index (χ1n) is 8.64. The fraction of sp³-hybridized carbons (Fsp3) is 1.00. The Morgan fingerprint density at radius 2 is 1.90 bits per heavy atom. The molecule has 122 valence electrons. The maximum Gasteiger partial charge on any atom is 0.0827 e. The molecule has 3 aliphatic heterocycles. The topological polar surface area (TPSA) is 37.0 Å². The molecule has 3 saturated heterocycles. The lowest BCUT2D eigenvalue weighted by molar-refractivity contribution is -0.0548.